The molecule has 0 aromatic rings. The minimum absolute atomic E-state index is 0.433. The van der Waals surface area contributed by atoms with E-state index in [1.165, 1.54) is 0 Å². The van der Waals surface area contributed by atoms with Gasteiger partial charge in [-0.25, -0.2) is 0 Å². The molecule has 0 spiro atoms. The number of allylic oxidation sites excluding steroid dienone is 1. The molecule has 0 atom stereocenters. The van der Waals surface area contributed by atoms with Crippen molar-refractivity contribution < 1.29 is 0 Å². The van der Waals surface area contributed by atoms with E-state index in [1.54, 1.807) is 6.08 Å². The first-order chi connectivity index (χ1) is 4.74. The maximum Gasteiger partial charge on any atom is 0.0252 e. The van der Waals surface area contributed by atoms with Crippen LogP contribution in [0.5, 0.6) is 0 Å². The summed E-state index contributed by atoms with van der Waals surface area (Å²) in [7, 11) is 0. The van der Waals surface area contributed by atoms with Crippen molar-refractivity contribution in [2.45, 2.75) is 6.92 Å². The van der Waals surface area contributed by atoms with Crippen LogP contribution in [0.2, 0.25) is 0 Å². The molecule has 0 saturated heterocycles. The van der Waals surface area contributed by atoms with E-state index in [2.05, 4.69) is 18.2 Å². The Balaban J connectivity index is 4.42. The van der Waals surface area contributed by atoms with E-state index in [4.69, 9.17) is 12.2 Å². The summed E-state index contributed by atoms with van der Waals surface area (Å²) in [6.07, 6.45) is 6.91. The second-order valence-corrected chi connectivity index (χ2v) is 1.88. The van der Waals surface area contributed by atoms with Gasteiger partial charge in [-0.1, -0.05) is 12.5 Å². The fraction of sp³-hybridized carbons (Fsp3) is 0.222. The Hall–Kier alpha value is -1.22. The third-order valence-electron chi connectivity index (χ3n) is 1.07. The summed E-state index contributed by atoms with van der Waals surface area (Å²) < 4.78 is 0. The second-order valence-electron chi connectivity index (χ2n) is 1.88. The summed E-state index contributed by atoms with van der Waals surface area (Å²) >= 11 is 0. The molecular formula is C9H11N. The Morgan fingerprint density at radius 1 is 1.80 bits per heavy atom. The van der Waals surface area contributed by atoms with Gasteiger partial charge in [0.2, 0.25) is 0 Å². The lowest BCUT2D eigenvalue weighted by Gasteiger charge is -1.91. The quantitative estimate of drug-likeness (QED) is 0.342. The van der Waals surface area contributed by atoms with Crippen LogP contribution in [0, 0.1) is 12.3 Å². The van der Waals surface area contributed by atoms with Crippen molar-refractivity contribution in [1.82, 2.24) is 0 Å². The molecule has 1 heteroatoms. The van der Waals surface area contributed by atoms with Gasteiger partial charge >= 0.3 is 0 Å². The van der Waals surface area contributed by atoms with Gasteiger partial charge in [0.15, 0.2) is 0 Å². The minimum Gasteiger partial charge on any atom is -0.326 e. The van der Waals surface area contributed by atoms with Gasteiger partial charge in [-0.3, -0.25) is 0 Å². The Morgan fingerprint density at radius 2 is 2.40 bits per heavy atom. The summed E-state index contributed by atoms with van der Waals surface area (Å²) in [5.74, 6) is 2.48. The summed E-state index contributed by atoms with van der Waals surface area (Å²) in [5, 5.41) is 0. The first-order valence-corrected chi connectivity index (χ1v) is 2.98. The van der Waals surface area contributed by atoms with Crippen molar-refractivity contribution in [1.29, 1.82) is 0 Å². The maximum absolute atomic E-state index is 5.33. The van der Waals surface area contributed by atoms with E-state index in [-0.39, 0.29) is 0 Å². The van der Waals surface area contributed by atoms with Gasteiger partial charge in [0.25, 0.3) is 0 Å². The topological polar surface area (TPSA) is 26.0 Å². The average molecular weight is 133 g/mol. The molecular weight excluding hydrogens is 122 g/mol. The van der Waals surface area contributed by atoms with Crippen LogP contribution >= 0.6 is 0 Å². The molecule has 0 amide bonds. The number of rotatable bonds is 2. The van der Waals surface area contributed by atoms with Gasteiger partial charge in [-0.2, -0.15) is 0 Å². The molecule has 0 aromatic carbocycles. The molecule has 0 fully saturated rings. The zero-order valence-corrected chi connectivity index (χ0v) is 6.15. The molecule has 0 heterocycles. The lowest BCUT2D eigenvalue weighted by atomic mass is 10.2. The number of terminal acetylenes is 1. The van der Waals surface area contributed by atoms with Crippen LogP contribution in [0.25, 0.3) is 0 Å². The van der Waals surface area contributed by atoms with E-state index >= 15 is 0 Å². The van der Waals surface area contributed by atoms with Crippen molar-refractivity contribution >= 4 is 0 Å². The molecule has 10 heavy (non-hydrogen) atoms. The third kappa shape index (κ3) is 2.94. The zero-order valence-electron chi connectivity index (χ0n) is 6.15. The highest BCUT2D eigenvalue weighted by atomic mass is 14.5. The molecule has 0 saturated carbocycles. The van der Waals surface area contributed by atoms with Crippen LogP contribution in [0.15, 0.2) is 29.5 Å². The van der Waals surface area contributed by atoms with E-state index in [1.807, 2.05) is 6.92 Å². The summed E-state index contributed by atoms with van der Waals surface area (Å²) in [4.78, 5) is 0. The normalized spacial score (nSPS) is 9.90. The lowest BCUT2D eigenvalue weighted by molar-refractivity contribution is 1.19. The zero-order chi connectivity index (χ0) is 7.98. The number of hydrogen-bond donors (Lipinski definition) is 1. The minimum atomic E-state index is 0.433. The first kappa shape index (κ1) is 8.78. The fourth-order valence-corrected chi connectivity index (χ4v) is 0.485. The largest absolute Gasteiger partial charge is 0.326 e. The van der Waals surface area contributed by atoms with Crippen molar-refractivity contribution in [3.8, 4) is 12.3 Å². The van der Waals surface area contributed by atoms with Gasteiger partial charge in [-0.05, 0) is 18.6 Å². The second kappa shape index (κ2) is 4.64. The molecule has 1 nitrogen and oxygen atoms in total. The molecule has 0 bridgehead atoms. The molecule has 0 unspecified atom stereocenters. The predicted octanol–water partition coefficient (Wildman–Crippen LogP) is 1.24. The van der Waals surface area contributed by atoms with Gasteiger partial charge in [0.05, 0.1) is 0 Å². The van der Waals surface area contributed by atoms with E-state index in [9.17, 15) is 0 Å². The molecule has 0 aliphatic heterocycles. The highest BCUT2D eigenvalue weighted by molar-refractivity contribution is 5.32. The van der Waals surface area contributed by atoms with Crippen LogP contribution in [-0.4, -0.2) is 6.54 Å². The van der Waals surface area contributed by atoms with Crippen molar-refractivity contribution in [2.75, 3.05) is 6.54 Å². The van der Waals surface area contributed by atoms with Crippen LogP contribution in [0.3, 0.4) is 0 Å². The fourth-order valence-electron chi connectivity index (χ4n) is 0.485. The number of hydrogen-bond acceptors (Lipinski definition) is 1. The standard InChI is InChI=1S/C9H11N/c1-4-8(3)6-9(5-2)7-10/h1,6H,2,7,10H2,3H3. The van der Waals surface area contributed by atoms with Crippen molar-refractivity contribution in [3.05, 3.63) is 29.5 Å². The van der Waals surface area contributed by atoms with Crippen LogP contribution in [0.1, 0.15) is 6.92 Å². The summed E-state index contributed by atoms with van der Waals surface area (Å²) in [5.41, 5.74) is 9.71. The van der Waals surface area contributed by atoms with Crippen LogP contribution in [-0.2, 0) is 0 Å². The van der Waals surface area contributed by atoms with E-state index in [0.717, 1.165) is 11.1 Å². The molecule has 0 aliphatic carbocycles. The smallest absolute Gasteiger partial charge is 0.0252 e. The Morgan fingerprint density at radius 3 is 2.70 bits per heavy atom. The molecule has 0 aromatic heterocycles. The number of nitrogens with two attached hydrogens (primary N) is 1. The average Bonchev–Trinajstić information content (AvgIpc) is 1.99. The van der Waals surface area contributed by atoms with Crippen LogP contribution in [0.4, 0.5) is 0 Å². The molecule has 0 aliphatic rings. The molecule has 0 rings (SSSR count). The highest BCUT2D eigenvalue weighted by Gasteiger charge is 1.86. The molecule has 52 valence electrons. The van der Waals surface area contributed by atoms with Crippen molar-refractivity contribution in [3.63, 3.8) is 0 Å². The lowest BCUT2D eigenvalue weighted by Crippen LogP contribution is -1.99. The summed E-state index contributed by atoms with van der Waals surface area (Å²) in [6, 6.07) is 0. The van der Waals surface area contributed by atoms with E-state index in [0.29, 0.717) is 6.54 Å². The van der Waals surface area contributed by atoms with E-state index < -0.39 is 0 Å². The van der Waals surface area contributed by atoms with Gasteiger partial charge < -0.3 is 5.73 Å². The van der Waals surface area contributed by atoms with Gasteiger partial charge in [0, 0.05) is 12.1 Å². The molecule has 2 N–H and O–H groups in total. The summed E-state index contributed by atoms with van der Waals surface area (Å²) in [6.45, 7) is 5.74. The van der Waals surface area contributed by atoms with Crippen LogP contribution < -0.4 is 5.73 Å². The Kier molecular flexibility index (Phi) is 4.07. The molecule has 0 radical (unpaired) electrons. The Labute approximate surface area is 61.9 Å². The Bertz CT molecular complexity index is 222. The maximum atomic E-state index is 5.33. The highest BCUT2D eigenvalue weighted by Crippen LogP contribution is 1.96. The first-order valence-electron chi connectivity index (χ1n) is 2.98. The monoisotopic (exact) mass is 133 g/mol. The predicted molar refractivity (Wildman–Crippen MR) is 44.3 cm³/mol. The van der Waals surface area contributed by atoms with Gasteiger partial charge in [0.1, 0.15) is 0 Å². The third-order valence-corrected chi connectivity index (χ3v) is 1.07. The SMILES string of the molecule is C#CC(C)=CC(=C=C)CN. The van der Waals surface area contributed by atoms with Crippen molar-refractivity contribution in [2.24, 2.45) is 5.73 Å². The van der Waals surface area contributed by atoms with Gasteiger partial charge in [-0.15, -0.1) is 12.2 Å².